The molecule has 132 valence electrons. The third-order valence-electron chi connectivity index (χ3n) is 4.18. The number of methoxy groups -OCH3 is 1. The lowest BCUT2D eigenvalue weighted by atomic mass is 10.0. The van der Waals surface area contributed by atoms with Crippen LogP contribution in [0.5, 0.6) is 0 Å². The number of rotatable bonds is 5. The highest BCUT2D eigenvalue weighted by Crippen LogP contribution is 2.24. The van der Waals surface area contributed by atoms with Gasteiger partial charge in [-0.15, -0.1) is 11.3 Å². The quantitative estimate of drug-likeness (QED) is 0.890. The van der Waals surface area contributed by atoms with Gasteiger partial charge in [0.25, 0.3) is 11.8 Å². The standard InChI is InChI=1S/C18H21N3O3S/c1-12-6-5-7-13(16(12)18(23)21-8-3-4-9-21)20-17(22)14-11-25-15(19-14)10-24-2/h5-7,11H,3-4,8-10H2,1-2H3,(H,20,22). The Morgan fingerprint density at radius 3 is 2.80 bits per heavy atom. The Balaban J connectivity index is 1.83. The highest BCUT2D eigenvalue weighted by Gasteiger charge is 2.24. The van der Waals surface area contributed by atoms with Gasteiger partial charge < -0.3 is 15.0 Å². The first-order valence-corrected chi connectivity index (χ1v) is 9.11. The van der Waals surface area contributed by atoms with Gasteiger partial charge >= 0.3 is 0 Å². The average molecular weight is 359 g/mol. The van der Waals surface area contributed by atoms with E-state index in [1.165, 1.54) is 11.3 Å². The van der Waals surface area contributed by atoms with Crippen molar-refractivity contribution in [2.45, 2.75) is 26.4 Å². The molecule has 2 heterocycles. The summed E-state index contributed by atoms with van der Waals surface area (Å²) in [5, 5.41) is 5.28. The SMILES string of the molecule is COCc1nc(C(=O)Nc2cccc(C)c2C(=O)N2CCCC2)cs1. The molecule has 1 N–H and O–H groups in total. The van der Waals surface area contributed by atoms with Gasteiger partial charge in [-0.3, -0.25) is 9.59 Å². The van der Waals surface area contributed by atoms with Crippen molar-refractivity contribution in [3.8, 4) is 0 Å². The van der Waals surface area contributed by atoms with Crippen molar-refractivity contribution >= 4 is 28.8 Å². The van der Waals surface area contributed by atoms with Gasteiger partial charge in [0, 0.05) is 25.6 Å². The largest absolute Gasteiger partial charge is 0.378 e. The monoisotopic (exact) mass is 359 g/mol. The molecule has 7 heteroatoms. The number of hydrogen-bond acceptors (Lipinski definition) is 5. The molecule has 0 spiro atoms. The van der Waals surface area contributed by atoms with Gasteiger partial charge in [-0.2, -0.15) is 0 Å². The normalized spacial score (nSPS) is 13.9. The fourth-order valence-corrected chi connectivity index (χ4v) is 3.67. The number of aryl methyl sites for hydroxylation is 1. The molecule has 25 heavy (non-hydrogen) atoms. The summed E-state index contributed by atoms with van der Waals surface area (Å²) in [5.41, 5.74) is 2.28. The van der Waals surface area contributed by atoms with E-state index in [1.54, 1.807) is 18.6 Å². The van der Waals surface area contributed by atoms with Crippen molar-refractivity contribution in [3.63, 3.8) is 0 Å². The number of benzene rings is 1. The molecule has 1 aromatic heterocycles. The molecule has 1 aromatic carbocycles. The van der Waals surface area contributed by atoms with Gasteiger partial charge in [-0.05, 0) is 31.4 Å². The van der Waals surface area contributed by atoms with Crippen LogP contribution in [0.25, 0.3) is 0 Å². The number of carbonyl (C=O) groups is 2. The van der Waals surface area contributed by atoms with Crippen LogP contribution >= 0.6 is 11.3 Å². The molecular weight excluding hydrogens is 338 g/mol. The van der Waals surface area contributed by atoms with Crippen molar-refractivity contribution in [1.82, 2.24) is 9.88 Å². The number of thiazole rings is 1. The average Bonchev–Trinajstić information content (AvgIpc) is 3.27. The summed E-state index contributed by atoms with van der Waals surface area (Å²) >= 11 is 1.37. The van der Waals surface area contributed by atoms with E-state index < -0.39 is 0 Å². The van der Waals surface area contributed by atoms with Gasteiger partial charge in [-0.1, -0.05) is 12.1 Å². The summed E-state index contributed by atoms with van der Waals surface area (Å²) in [6.45, 7) is 3.81. The second-order valence-electron chi connectivity index (χ2n) is 6.01. The maximum Gasteiger partial charge on any atom is 0.275 e. The van der Waals surface area contributed by atoms with Crippen LogP contribution in [0, 0.1) is 6.92 Å². The number of amides is 2. The van der Waals surface area contributed by atoms with Crippen LogP contribution in [-0.2, 0) is 11.3 Å². The summed E-state index contributed by atoms with van der Waals surface area (Å²) in [7, 11) is 1.59. The van der Waals surface area contributed by atoms with E-state index in [0.29, 0.717) is 23.6 Å². The molecular formula is C18H21N3O3S. The number of anilines is 1. The molecule has 0 radical (unpaired) electrons. The fraction of sp³-hybridized carbons (Fsp3) is 0.389. The maximum absolute atomic E-state index is 12.8. The Labute approximate surface area is 150 Å². The lowest BCUT2D eigenvalue weighted by Gasteiger charge is -2.19. The van der Waals surface area contributed by atoms with Crippen LogP contribution in [0.4, 0.5) is 5.69 Å². The zero-order chi connectivity index (χ0) is 17.8. The number of hydrogen-bond donors (Lipinski definition) is 1. The van der Waals surface area contributed by atoms with Crippen molar-refractivity contribution < 1.29 is 14.3 Å². The molecule has 0 bridgehead atoms. The van der Waals surface area contributed by atoms with E-state index in [-0.39, 0.29) is 11.8 Å². The lowest BCUT2D eigenvalue weighted by molar-refractivity contribution is 0.0793. The number of ether oxygens (including phenoxy) is 1. The Morgan fingerprint density at radius 1 is 1.32 bits per heavy atom. The minimum Gasteiger partial charge on any atom is -0.378 e. The molecule has 0 saturated carbocycles. The van der Waals surface area contributed by atoms with Crippen LogP contribution in [0.15, 0.2) is 23.6 Å². The Hall–Kier alpha value is -2.25. The third-order valence-corrected chi connectivity index (χ3v) is 5.00. The van der Waals surface area contributed by atoms with E-state index in [0.717, 1.165) is 36.5 Å². The van der Waals surface area contributed by atoms with Crippen molar-refractivity contribution in [1.29, 1.82) is 0 Å². The molecule has 2 aromatic rings. The first-order chi connectivity index (χ1) is 12.1. The number of nitrogens with zero attached hydrogens (tertiary/aromatic N) is 2. The van der Waals surface area contributed by atoms with Gasteiger partial charge in [0.1, 0.15) is 10.7 Å². The molecule has 0 atom stereocenters. The topological polar surface area (TPSA) is 71.5 Å². The highest BCUT2D eigenvalue weighted by molar-refractivity contribution is 7.09. The van der Waals surface area contributed by atoms with Gasteiger partial charge in [0.05, 0.1) is 17.9 Å². The predicted octanol–water partition coefficient (Wildman–Crippen LogP) is 3.09. The molecule has 0 aliphatic carbocycles. The minimum atomic E-state index is -0.320. The Bertz CT molecular complexity index is 782. The Kier molecular flexibility index (Phi) is 5.45. The molecule has 1 saturated heterocycles. The first kappa shape index (κ1) is 17.6. The zero-order valence-electron chi connectivity index (χ0n) is 14.4. The number of likely N-dealkylation sites (tertiary alicyclic amines) is 1. The smallest absolute Gasteiger partial charge is 0.275 e. The van der Waals surface area contributed by atoms with E-state index in [4.69, 9.17) is 4.74 Å². The number of aromatic nitrogens is 1. The minimum absolute atomic E-state index is 0.0238. The van der Waals surface area contributed by atoms with E-state index >= 15 is 0 Å². The van der Waals surface area contributed by atoms with Crippen LogP contribution in [0.1, 0.15) is 44.3 Å². The Morgan fingerprint density at radius 2 is 2.08 bits per heavy atom. The molecule has 1 aliphatic heterocycles. The summed E-state index contributed by atoms with van der Waals surface area (Å²) < 4.78 is 5.03. The zero-order valence-corrected chi connectivity index (χ0v) is 15.2. The van der Waals surface area contributed by atoms with Crippen molar-refractivity contribution in [2.75, 3.05) is 25.5 Å². The summed E-state index contributed by atoms with van der Waals surface area (Å²) in [4.78, 5) is 31.4. The van der Waals surface area contributed by atoms with E-state index in [2.05, 4.69) is 10.3 Å². The van der Waals surface area contributed by atoms with E-state index in [1.807, 2.05) is 24.0 Å². The highest BCUT2D eigenvalue weighted by atomic mass is 32.1. The van der Waals surface area contributed by atoms with Crippen molar-refractivity contribution in [2.24, 2.45) is 0 Å². The second kappa shape index (κ2) is 7.76. The molecule has 1 fully saturated rings. The van der Waals surface area contributed by atoms with Crippen LogP contribution in [-0.4, -0.2) is 41.9 Å². The third kappa shape index (κ3) is 3.88. The molecule has 6 nitrogen and oxygen atoms in total. The predicted molar refractivity (Wildman–Crippen MR) is 97.1 cm³/mol. The van der Waals surface area contributed by atoms with Gasteiger partial charge in [0.15, 0.2) is 0 Å². The van der Waals surface area contributed by atoms with Gasteiger partial charge in [0.2, 0.25) is 0 Å². The summed E-state index contributed by atoms with van der Waals surface area (Å²) in [6.07, 6.45) is 2.06. The summed E-state index contributed by atoms with van der Waals surface area (Å²) in [5.74, 6) is -0.344. The number of nitrogens with one attached hydrogen (secondary N) is 1. The number of carbonyl (C=O) groups excluding carboxylic acids is 2. The molecule has 2 amide bonds. The van der Waals surface area contributed by atoms with Crippen LogP contribution < -0.4 is 5.32 Å². The fourth-order valence-electron chi connectivity index (χ4n) is 2.93. The van der Waals surface area contributed by atoms with Gasteiger partial charge in [-0.25, -0.2) is 4.98 Å². The lowest BCUT2D eigenvalue weighted by Crippen LogP contribution is -2.29. The van der Waals surface area contributed by atoms with Crippen LogP contribution in [0.3, 0.4) is 0 Å². The second-order valence-corrected chi connectivity index (χ2v) is 6.95. The van der Waals surface area contributed by atoms with E-state index in [9.17, 15) is 9.59 Å². The first-order valence-electron chi connectivity index (χ1n) is 8.23. The molecule has 3 rings (SSSR count). The maximum atomic E-state index is 12.8. The molecule has 1 aliphatic rings. The summed E-state index contributed by atoms with van der Waals surface area (Å²) in [6, 6.07) is 5.48. The van der Waals surface area contributed by atoms with Crippen molar-refractivity contribution in [3.05, 3.63) is 45.4 Å². The van der Waals surface area contributed by atoms with Crippen LogP contribution in [0.2, 0.25) is 0 Å². The molecule has 0 unspecified atom stereocenters.